The molecule has 0 aliphatic rings. The molecule has 0 unspecified atom stereocenters. The van der Waals surface area contributed by atoms with Crippen molar-refractivity contribution in [1.82, 2.24) is 0 Å². The van der Waals surface area contributed by atoms with Gasteiger partial charge < -0.3 is 19.6 Å². The summed E-state index contributed by atoms with van der Waals surface area (Å²) in [5.74, 6) is 0. The second kappa shape index (κ2) is 14.2. The normalized spacial score (nSPS) is 10.9. The highest BCUT2D eigenvalue weighted by atomic mass is 15.2. The smallest absolute Gasteiger partial charge is 0.0482 e. The molecular weight excluding hydrogens is 536 g/mol. The molecule has 0 aromatic heterocycles. The van der Waals surface area contributed by atoms with Crippen LogP contribution in [-0.4, -0.2) is 26.2 Å². The van der Waals surface area contributed by atoms with Crippen molar-refractivity contribution in [3.05, 3.63) is 132 Å². The fourth-order valence-electron chi connectivity index (χ4n) is 6.03. The first-order chi connectivity index (χ1) is 21.4. The zero-order valence-electron chi connectivity index (χ0n) is 27.2. The van der Waals surface area contributed by atoms with Crippen LogP contribution in [0, 0.1) is 13.8 Å². The first-order valence-electron chi connectivity index (χ1n) is 16.0. The molecule has 0 aliphatic heterocycles. The standard InChI is InChI=1S/C40H46N4/c1-7-41(8-2)33-18-13-22-37(28-33)43(35-20-11-16-31(5)26-35)39-24-15-25-40(30-39)44(36-21-12-17-32(6)27-36)38-23-14-19-34(29-38)42(9-3)10-4/h11-30H,7-10H2,1-6H3. The third kappa shape index (κ3) is 6.75. The zero-order chi connectivity index (χ0) is 31.1. The highest BCUT2D eigenvalue weighted by molar-refractivity contribution is 5.84. The summed E-state index contributed by atoms with van der Waals surface area (Å²) in [5.41, 5.74) is 11.7. The van der Waals surface area contributed by atoms with E-state index in [1.165, 1.54) is 22.5 Å². The fourth-order valence-corrected chi connectivity index (χ4v) is 6.03. The average Bonchev–Trinajstić information content (AvgIpc) is 3.03. The number of rotatable bonds is 12. The Hall–Kier alpha value is -4.70. The number of aryl methyl sites for hydroxylation is 2. The Morgan fingerprint density at radius 3 is 0.886 bits per heavy atom. The maximum absolute atomic E-state index is 2.40. The van der Waals surface area contributed by atoms with E-state index in [1.807, 2.05) is 0 Å². The van der Waals surface area contributed by atoms with Gasteiger partial charge in [0, 0.05) is 71.7 Å². The van der Waals surface area contributed by atoms with Crippen LogP contribution in [0.1, 0.15) is 38.8 Å². The van der Waals surface area contributed by atoms with Crippen molar-refractivity contribution < 1.29 is 0 Å². The summed E-state index contributed by atoms with van der Waals surface area (Å²) < 4.78 is 0. The molecule has 44 heavy (non-hydrogen) atoms. The SMILES string of the molecule is CCN(CC)c1cccc(N(c2cccc(C)c2)c2cccc(N(c3cccc(C)c3)c3cccc(N(CC)CC)c3)c2)c1. The summed E-state index contributed by atoms with van der Waals surface area (Å²) in [4.78, 5) is 9.56. The third-order valence-electron chi connectivity index (χ3n) is 8.30. The topological polar surface area (TPSA) is 13.0 Å². The fraction of sp³-hybridized carbons (Fsp3) is 0.250. The molecular formula is C40H46N4. The highest BCUT2D eigenvalue weighted by Gasteiger charge is 2.19. The lowest BCUT2D eigenvalue weighted by Crippen LogP contribution is -2.22. The van der Waals surface area contributed by atoms with Gasteiger partial charge in [0.15, 0.2) is 0 Å². The summed E-state index contributed by atoms with van der Waals surface area (Å²) in [6.07, 6.45) is 0. The van der Waals surface area contributed by atoms with Crippen molar-refractivity contribution in [3.8, 4) is 0 Å². The summed E-state index contributed by atoms with van der Waals surface area (Å²) >= 11 is 0. The van der Waals surface area contributed by atoms with E-state index in [0.717, 1.165) is 60.3 Å². The van der Waals surface area contributed by atoms with Gasteiger partial charge in [-0.15, -0.1) is 0 Å². The third-order valence-corrected chi connectivity index (χ3v) is 8.30. The molecule has 0 heterocycles. The van der Waals surface area contributed by atoms with Gasteiger partial charge in [0.1, 0.15) is 0 Å². The number of anilines is 8. The Labute approximate surface area is 264 Å². The van der Waals surface area contributed by atoms with Crippen LogP contribution in [0.5, 0.6) is 0 Å². The second-order valence-corrected chi connectivity index (χ2v) is 11.3. The number of hydrogen-bond acceptors (Lipinski definition) is 4. The Bertz CT molecular complexity index is 1550. The van der Waals surface area contributed by atoms with Crippen molar-refractivity contribution in [1.29, 1.82) is 0 Å². The van der Waals surface area contributed by atoms with E-state index in [-0.39, 0.29) is 0 Å². The summed E-state index contributed by atoms with van der Waals surface area (Å²) in [7, 11) is 0. The van der Waals surface area contributed by atoms with E-state index in [2.05, 4.69) is 182 Å². The van der Waals surface area contributed by atoms with Crippen LogP contribution in [0.25, 0.3) is 0 Å². The van der Waals surface area contributed by atoms with Crippen LogP contribution in [0.15, 0.2) is 121 Å². The largest absolute Gasteiger partial charge is 0.372 e. The molecule has 0 radical (unpaired) electrons. The lowest BCUT2D eigenvalue weighted by Gasteiger charge is -2.31. The van der Waals surface area contributed by atoms with Crippen molar-refractivity contribution in [2.24, 2.45) is 0 Å². The maximum Gasteiger partial charge on any atom is 0.0482 e. The van der Waals surface area contributed by atoms with Gasteiger partial charge in [-0.1, -0.05) is 42.5 Å². The molecule has 0 amide bonds. The Morgan fingerprint density at radius 2 is 0.591 bits per heavy atom. The zero-order valence-corrected chi connectivity index (χ0v) is 27.2. The van der Waals surface area contributed by atoms with Gasteiger partial charge in [-0.25, -0.2) is 0 Å². The molecule has 0 fully saturated rings. The number of benzene rings is 5. The van der Waals surface area contributed by atoms with E-state index in [9.17, 15) is 0 Å². The predicted octanol–water partition coefficient (Wildman–Crippen LogP) is 10.9. The van der Waals surface area contributed by atoms with E-state index in [0.29, 0.717) is 0 Å². The molecule has 0 saturated heterocycles. The van der Waals surface area contributed by atoms with Gasteiger partial charge in [0.25, 0.3) is 0 Å². The molecule has 5 aromatic rings. The van der Waals surface area contributed by atoms with Crippen LogP contribution >= 0.6 is 0 Å². The van der Waals surface area contributed by atoms with Gasteiger partial charge in [-0.2, -0.15) is 0 Å². The first kappa shape index (κ1) is 30.7. The molecule has 0 atom stereocenters. The minimum Gasteiger partial charge on any atom is -0.372 e. The summed E-state index contributed by atoms with van der Waals surface area (Å²) in [5, 5.41) is 0. The Morgan fingerprint density at radius 1 is 0.341 bits per heavy atom. The molecule has 5 aromatic carbocycles. The van der Waals surface area contributed by atoms with Gasteiger partial charge >= 0.3 is 0 Å². The number of nitrogens with zero attached hydrogens (tertiary/aromatic N) is 4. The van der Waals surface area contributed by atoms with E-state index in [1.54, 1.807) is 0 Å². The average molecular weight is 583 g/mol. The number of hydrogen-bond donors (Lipinski definition) is 0. The van der Waals surface area contributed by atoms with Gasteiger partial charge in [-0.05, 0) is 132 Å². The maximum atomic E-state index is 2.40. The highest BCUT2D eigenvalue weighted by Crippen LogP contribution is 2.42. The lowest BCUT2D eigenvalue weighted by atomic mass is 10.1. The molecule has 0 bridgehead atoms. The van der Waals surface area contributed by atoms with E-state index in [4.69, 9.17) is 0 Å². The molecule has 0 saturated carbocycles. The summed E-state index contributed by atoms with van der Waals surface area (Å²) in [6.45, 7) is 17.1. The first-order valence-corrected chi connectivity index (χ1v) is 16.0. The van der Waals surface area contributed by atoms with Gasteiger partial charge in [-0.3, -0.25) is 0 Å². The summed E-state index contributed by atoms with van der Waals surface area (Å²) in [6, 6.07) is 44.3. The monoisotopic (exact) mass is 582 g/mol. The minimum absolute atomic E-state index is 0.970. The quantitative estimate of drug-likeness (QED) is 0.145. The van der Waals surface area contributed by atoms with Crippen molar-refractivity contribution >= 4 is 45.5 Å². The lowest BCUT2D eigenvalue weighted by molar-refractivity contribution is 0.866. The predicted molar refractivity (Wildman–Crippen MR) is 192 cm³/mol. The van der Waals surface area contributed by atoms with E-state index < -0.39 is 0 Å². The van der Waals surface area contributed by atoms with Crippen LogP contribution in [0.4, 0.5) is 45.5 Å². The minimum atomic E-state index is 0.970. The van der Waals surface area contributed by atoms with Gasteiger partial charge in [0.05, 0.1) is 0 Å². The molecule has 4 nitrogen and oxygen atoms in total. The Kier molecular flexibility index (Phi) is 9.91. The molecule has 226 valence electrons. The molecule has 0 spiro atoms. The van der Waals surface area contributed by atoms with Crippen LogP contribution < -0.4 is 19.6 Å². The molecule has 5 rings (SSSR count). The van der Waals surface area contributed by atoms with E-state index >= 15 is 0 Å². The van der Waals surface area contributed by atoms with Crippen LogP contribution in [0.2, 0.25) is 0 Å². The van der Waals surface area contributed by atoms with Gasteiger partial charge in [0.2, 0.25) is 0 Å². The molecule has 0 N–H and O–H groups in total. The molecule has 4 heteroatoms. The van der Waals surface area contributed by atoms with Crippen molar-refractivity contribution in [2.75, 3.05) is 45.8 Å². The van der Waals surface area contributed by atoms with Crippen LogP contribution in [-0.2, 0) is 0 Å². The van der Waals surface area contributed by atoms with Crippen molar-refractivity contribution in [2.45, 2.75) is 41.5 Å². The second-order valence-electron chi connectivity index (χ2n) is 11.3. The Balaban J connectivity index is 1.68. The van der Waals surface area contributed by atoms with Crippen molar-refractivity contribution in [3.63, 3.8) is 0 Å². The molecule has 0 aliphatic carbocycles. The van der Waals surface area contributed by atoms with Crippen LogP contribution in [0.3, 0.4) is 0 Å².